The van der Waals surface area contributed by atoms with Crippen molar-refractivity contribution in [2.45, 2.75) is 32.2 Å². The number of carbonyl (C=O) groups excluding carboxylic acids is 1. The van der Waals surface area contributed by atoms with Crippen LogP contribution in [0, 0.1) is 0 Å². The minimum absolute atomic E-state index is 0.307. The van der Waals surface area contributed by atoms with Gasteiger partial charge in [0.1, 0.15) is 0 Å². The van der Waals surface area contributed by atoms with Gasteiger partial charge in [-0.3, -0.25) is 9.69 Å². The number of aromatic nitrogens is 1. The van der Waals surface area contributed by atoms with Crippen molar-refractivity contribution >= 4 is 16.8 Å². The SMILES string of the molecule is O=C(CCCc1c[nH]c2ccccc12)N1CCCN(Cc2ccccc2)CC1. The van der Waals surface area contributed by atoms with Crippen LogP contribution in [-0.2, 0) is 17.8 Å². The first-order valence-corrected chi connectivity index (χ1v) is 10.4. The van der Waals surface area contributed by atoms with E-state index in [1.807, 2.05) is 6.07 Å². The molecule has 1 aliphatic rings. The van der Waals surface area contributed by atoms with Gasteiger partial charge in [0.2, 0.25) is 5.91 Å². The van der Waals surface area contributed by atoms with E-state index >= 15 is 0 Å². The maximum absolute atomic E-state index is 12.7. The lowest BCUT2D eigenvalue weighted by atomic mass is 10.1. The van der Waals surface area contributed by atoms with Crippen LogP contribution in [-0.4, -0.2) is 46.9 Å². The molecule has 0 radical (unpaired) electrons. The van der Waals surface area contributed by atoms with Crippen molar-refractivity contribution in [2.75, 3.05) is 26.2 Å². The normalized spacial score (nSPS) is 15.6. The number of para-hydroxylation sites is 1. The van der Waals surface area contributed by atoms with Gasteiger partial charge in [-0.1, -0.05) is 48.5 Å². The molecule has 2 heterocycles. The van der Waals surface area contributed by atoms with E-state index < -0.39 is 0 Å². The van der Waals surface area contributed by atoms with Crippen LogP contribution in [0.5, 0.6) is 0 Å². The number of benzene rings is 2. The van der Waals surface area contributed by atoms with Crippen molar-refractivity contribution in [3.05, 3.63) is 71.9 Å². The van der Waals surface area contributed by atoms with Crippen LogP contribution >= 0.6 is 0 Å². The minimum Gasteiger partial charge on any atom is -0.361 e. The van der Waals surface area contributed by atoms with Gasteiger partial charge in [-0.2, -0.15) is 0 Å². The summed E-state index contributed by atoms with van der Waals surface area (Å²) in [6.07, 6.45) is 5.64. The second kappa shape index (κ2) is 9.07. The Bertz CT molecular complexity index is 902. The molecule has 0 unspecified atom stereocenters. The summed E-state index contributed by atoms with van der Waals surface area (Å²) in [5, 5.41) is 1.28. The molecule has 1 aliphatic heterocycles. The second-order valence-electron chi connectivity index (χ2n) is 7.71. The number of carbonyl (C=O) groups is 1. The van der Waals surface area contributed by atoms with Gasteiger partial charge in [0.05, 0.1) is 0 Å². The van der Waals surface area contributed by atoms with E-state index in [1.54, 1.807) is 0 Å². The number of H-pyrrole nitrogens is 1. The van der Waals surface area contributed by atoms with E-state index in [-0.39, 0.29) is 0 Å². The Hall–Kier alpha value is -2.59. The molecule has 4 heteroatoms. The summed E-state index contributed by atoms with van der Waals surface area (Å²) in [6, 6.07) is 19.0. The number of aromatic amines is 1. The molecule has 0 saturated carbocycles. The zero-order chi connectivity index (χ0) is 19.2. The van der Waals surface area contributed by atoms with Crippen LogP contribution in [0.25, 0.3) is 10.9 Å². The smallest absolute Gasteiger partial charge is 0.222 e. The quantitative estimate of drug-likeness (QED) is 0.700. The minimum atomic E-state index is 0.307. The first kappa shape index (κ1) is 18.8. The lowest BCUT2D eigenvalue weighted by molar-refractivity contribution is -0.131. The molecule has 0 spiro atoms. The van der Waals surface area contributed by atoms with E-state index in [2.05, 4.69) is 69.5 Å². The van der Waals surface area contributed by atoms with Crippen molar-refractivity contribution in [2.24, 2.45) is 0 Å². The molecular weight excluding hydrogens is 346 g/mol. The maximum Gasteiger partial charge on any atom is 0.222 e. The molecule has 1 N–H and O–H groups in total. The average molecular weight is 376 g/mol. The predicted molar refractivity (Wildman–Crippen MR) is 114 cm³/mol. The lowest BCUT2D eigenvalue weighted by Crippen LogP contribution is -2.35. The summed E-state index contributed by atoms with van der Waals surface area (Å²) in [6.45, 7) is 4.73. The zero-order valence-electron chi connectivity index (χ0n) is 16.4. The van der Waals surface area contributed by atoms with E-state index in [4.69, 9.17) is 0 Å². The molecule has 0 aliphatic carbocycles. The highest BCUT2D eigenvalue weighted by atomic mass is 16.2. The number of nitrogens with one attached hydrogen (secondary N) is 1. The van der Waals surface area contributed by atoms with Crippen LogP contribution in [0.1, 0.15) is 30.4 Å². The Labute approximate surface area is 167 Å². The van der Waals surface area contributed by atoms with E-state index in [1.165, 1.54) is 22.0 Å². The highest BCUT2D eigenvalue weighted by molar-refractivity contribution is 5.83. The average Bonchev–Trinajstić information content (AvgIpc) is 2.99. The maximum atomic E-state index is 12.7. The van der Waals surface area contributed by atoms with Gasteiger partial charge >= 0.3 is 0 Å². The number of hydrogen-bond acceptors (Lipinski definition) is 2. The molecule has 2 aromatic carbocycles. The topological polar surface area (TPSA) is 39.3 Å². The molecule has 4 nitrogen and oxygen atoms in total. The fourth-order valence-electron chi connectivity index (χ4n) is 4.15. The molecule has 0 atom stereocenters. The van der Waals surface area contributed by atoms with E-state index in [0.29, 0.717) is 12.3 Å². The highest BCUT2D eigenvalue weighted by Gasteiger charge is 2.19. The van der Waals surface area contributed by atoms with Gasteiger partial charge in [-0.25, -0.2) is 0 Å². The van der Waals surface area contributed by atoms with E-state index in [0.717, 1.165) is 52.0 Å². The molecule has 1 saturated heterocycles. The summed E-state index contributed by atoms with van der Waals surface area (Å²) in [7, 11) is 0. The third kappa shape index (κ3) is 4.63. The second-order valence-corrected chi connectivity index (χ2v) is 7.71. The molecule has 3 aromatic rings. The van der Waals surface area contributed by atoms with Gasteiger partial charge in [-0.15, -0.1) is 0 Å². The Balaban J connectivity index is 1.24. The highest BCUT2D eigenvalue weighted by Crippen LogP contribution is 2.20. The van der Waals surface area contributed by atoms with Crippen molar-refractivity contribution in [3.8, 4) is 0 Å². The van der Waals surface area contributed by atoms with Gasteiger partial charge in [0.15, 0.2) is 0 Å². The lowest BCUT2D eigenvalue weighted by Gasteiger charge is -2.22. The fourth-order valence-corrected chi connectivity index (χ4v) is 4.15. The summed E-state index contributed by atoms with van der Waals surface area (Å²) in [5.74, 6) is 0.307. The van der Waals surface area contributed by atoms with E-state index in [9.17, 15) is 4.79 Å². The molecular formula is C24H29N3O. The Morgan fingerprint density at radius 2 is 1.75 bits per heavy atom. The van der Waals surface area contributed by atoms with Crippen molar-refractivity contribution in [1.29, 1.82) is 0 Å². The standard InChI is InChI=1S/C24H29N3O/c28-24(13-6-10-21-18-25-23-12-5-4-11-22(21)23)27-15-7-14-26(16-17-27)19-20-8-2-1-3-9-20/h1-5,8-9,11-12,18,25H,6-7,10,13-17,19H2. The molecule has 1 fully saturated rings. The number of hydrogen-bond donors (Lipinski definition) is 1. The first-order valence-electron chi connectivity index (χ1n) is 10.4. The fraction of sp³-hybridized carbons (Fsp3) is 0.375. The number of nitrogens with zero attached hydrogens (tertiary/aromatic N) is 2. The Morgan fingerprint density at radius 1 is 0.929 bits per heavy atom. The number of amides is 1. The van der Waals surface area contributed by atoms with Crippen LogP contribution in [0.4, 0.5) is 0 Å². The van der Waals surface area contributed by atoms with Crippen LogP contribution in [0.2, 0.25) is 0 Å². The molecule has 1 amide bonds. The van der Waals surface area contributed by atoms with Gasteiger partial charge in [0.25, 0.3) is 0 Å². The number of rotatable bonds is 6. The third-order valence-electron chi connectivity index (χ3n) is 5.70. The molecule has 28 heavy (non-hydrogen) atoms. The van der Waals surface area contributed by atoms with Gasteiger partial charge in [-0.05, 0) is 36.5 Å². The Kier molecular flexibility index (Phi) is 6.07. The molecule has 1 aromatic heterocycles. The number of aryl methyl sites for hydroxylation is 1. The van der Waals surface area contributed by atoms with Crippen LogP contribution in [0.15, 0.2) is 60.8 Å². The van der Waals surface area contributed by atoms with Crippen LogP contribution < -0.4 is 0 Å². The summed E-state index contributed by atoms with van der Waals surface area (Å²) in [4.78, 5) is 20.6. The molecule has 0 bridgehead atoms. The largest absolute Gasteiger partial charge is 0.361 e. The number of fused-ring (bicyclic) bond motifs is 1. The molecule has 146 valence electrons. The zero-order valence-corrected chi connectivity index (χ0v) is 16.4. The summed E-state index contributed by atoms with van der Waals surface area (Å²) in [5.41, 5.74) is 3.84. The summed E-state index contributed by atoms with van der Waals surface area (Å²) >= 11 is 0. The van der Waals surface area contributed by atoms with Crippen molar-refractivity contribution in [1.82, 2.24) is 14.8 Å². The van der Waals surface area contributed by atoms with Crippen molar-refractivity contribution in [3.63, 3.8) is 0 Å². The first-order chi connectivity index (χ1) is 13.8. The monoisotopic (exact) mass is 375 g/mol. The van der Waals surface area contributed by atoms with Gasteiger partial charge in [0, 0.05) is 56.2 Å². The predicted octanol–water partition coefficient (Wildman–Crippen LogP) is 4.23. The Morgan fingerprint density at radius 3 is 2.64 bits per heavy atom. The molecule has 4 rings (SSSR count). The third-order valence-corrected chi connectivity index (χ3v) is 5.70. The van der Waals surface area contributed by atoms with Gasteiger partial charge < -0.3 is 9.88 Å². The summed E-state index contributed by atoms with van der Waals surface area (Å²) < 4.78 is 0. The van der Waals surface area contributed by atoms with Crippen LogP contribution in [0.3, 0.4) is 0 Å². The van der Waals surface area contributed by atoms with Crippen molar-refractivity contribution < 1.29 is 4.79 Å².